The molecular formula is C48H64N6O10. The Morgan fingerprint density at radius 1 is 0.812 bits per heavy atom. The van der Waals surface area contributed by atoms with Gasteiger partial charge in [-0.3, -0.25) is 29.0 Å². The molecule has 6 rings (SSSR count). The van der Waals surface area contributed by atoms with Crippen LogP contribution in [0.5, 0.6) is 17.2 Å². The lowest BCUT2D eigenvalue weighted by molar-refractivity contribution is -0.130. The van der Waals surface area contributed by atoms with Crippen molar-refractivity contribution in [2.45, 2.75) is 90.3 Å². The minimum Gasteiger partial charge on any atom is -0.493 e. The normalized spacial score (nSPS) is 18.3. The molecule has 0 unspecified atom stereocenters. The highest BCUT2D eigenvalue weighted by atomic mass is 16.5. The van der Waals surface area contributed by atoms with Gasteiger partial charge in [0.15, 0.2) is 17.3 Å². The number of ketones is 1. The van der Waals surface area contributed by atoms with E-state index in [0.29, 0.717) is 105 Å². The first-order valence-electron chi connectivity index (χ1n) is 22.4. The molecule has 0 spiro atoms. The van der Waals surface area contributed by atoms with E-state index in [9.17, 15) is 24.0 Å². The van der Waals surface area contributed by atoms with Crippen molar-refractivity contribution in [2.75, 3.05) is 77.8 Å². The monoisotopic (exact) mass is 884 g/mol. The largest absolute Gasteiger partial charge is 0.493 e. The molecule has 0 saturated carbocycles. The van der Waals surface area contributed by atoms with E-state index in [2.05, 4.69) is 23.5 Å². The van der Waals surface area contributed by atoms with Gasteiger partial charge in [0.05, 0.1) is 87.4 Å². The molecule has 0 aliphatic carbocycles. The molecule has 0 bridgehead atoms. The zero-order valence-corrected chi connectivity index (χ0v) is 37.8. The summed E-state index contributed by atoms with van der Waals surface area (Å²) in [5.41, 5.74) is 10.1. The van der Waals surface area contributed by atoms with Crippen molar-refractivity contribution in [3.63, 3.8) is 0 Å². The van der Waals surface area contributed by atoms with Crippen molar-refractivity contribution in [1.29, 1.82) is 0 Å². The number of nitrogens with two attached hydrogens (primary N) is 1. The summed E-state index contributed by atoms with van der Waals surface area (Å²) in [6.07, 6.45) is 5.19. The van der Waals surface area contributed by atoms with Crippen LogP contribution in [-0.4, -0.2) is 136 Å². The highest BCUT2D eigenvalue weighted by Gasteiger charge is 2.40. The fourth-order valence-electron chi connectivity index (χ4n) is 8.51. The third-order valence-electron chi connectivity index (χ3n) is 11.9. The van der Waals surface area contributed by atoms with Gasteiger partial charge in [0.2, 0.25) is 11.8 Å². The second kappa shape index (κ2) is 22.4. The molecule has 0 aromatic heterocycles. The van der Waals surface area contributed by atoms with Gasteiger partial charge in [0.25, 0.3) is 11.8 Å². The van der Waals surface area contributed by atoms with Gasteiger partial charge in [-0.05, 0) is 62.6 Å². The number of aliphatic imine (C=N–C) groups is 1. The number of anilines is 1. The fourth-order valence-corrected chi connectivity index (χ4v) is 8.51. The summed E-state index contributed by atoms with van der Waals surface area (Å²) in [7, 11) is 1.50. The van der Waals surface area contributed by atoms with Crippen LogP contribution in [0.2, 0.25) is 0 Å². The predicted molar refractivity (Wildman–Crippen MR) is 243 cm³/mol. The molecule has 3 atom stereocenters. The quantitative estimate of drug-likeness (QED) is 0.111. The first kappa shape index (κ1) is 47.9. The number of ether oxygens (including phenoxy) is 5. The van der Waals surface area contributed by atoms with Crippen LogP contribution in [0, 0.1) is 12.8 Å². The lowest BCUT2D eigenvalue weighted by atomic mass is 9.96. The van der Waals surface area contributed by atoms with E-state index in [1.165, 1.54) is 7.11 Å². The number of amides is 4. The summed E-state index contributed by atoms with van der Waals surface area (Å²) in [5.74, 6) is 0.0427. The molecular weight excluding hydrogens is 821 g/mol. The van der Waals surface area contributed by atoms with E-state index in [1.54, 1.807) is 21.9 Å². The van der Waals surface area contributed by atoms with Gasteiger partial charge in [0.1, 0.15) is 5.75 Å². The Hall–Kier alpha value is -5.58. The zero-order valence-electron chi connectivity index (χ0n) is 37.8. The number of fused-ring (bicyclic) bond motifs is 4. The summed E-state index contributed by atoms with van der Waals surface area (Å²) < 4.78 is 28.8. The van der Waals surface area contributed by atoms with Crippen LogP contribution >= 0.6 is 0 Å². The Labute approximate surface area is 376 Å². The minimum atomic E-state index is -0.783. The number of hydrogen-bond donors (Lipinski definition) is 2. The number of methoxy groups -OCH3 is 1. The predicted octanol–water partition coefficient (Wildman–Crippen LogP) is 5.11. The van der Waals surface area contributed by atoms with Crippen molar-refractivity contribution >= 4 is 47.0 Å². The van der Waals surface area contributed by atoms with Crippen molar-refractivity contribution in [2.24, 2.45) is 16.6 Å². The molecule has 4 aliphatic heterocycles. The smallest absolute Gasteiger partial charge is 0.256 e. The van der Waals surface area contributed by atoms with Gasteiger partial charge in [-0.1, -0.05) is 38.2 Å². The SMILES string of the molecule is C=C1C[C@H]2CN(C(=O)CCC(=O)[C@@H](NC(=O)CCOCCOCCN)C(C)C)c3cc(OCCCCCOc4cc5c(cc4C)C(=O)N4CC(=C)C[C@H]4C=N5)c(OC)cc3C(=O)N2C1. The number of benzene rings is 2. The molecule has 4 amide bonds. The number of nitrogens with zero attached hydrogens (tertiary/aromatic N) is 4. The number of hydrogen-bond acceptors (Lipinski definition) is 12. The number of nitrogens with one attached hydrogen (secondary N) is 1. The Kier molecular flexibility index (Phi) is 16.7. The standard InChI is InChI=1S/C48H64N6O10/c1-30(2)46(51-44(56)12-16-61-18-19-62-17-13-49)40(55)10-11-45(57)54-29-35-21-32(4)28-53(35)48(59)37-23-42(60-6)43(25-39(37)54)64-15-9-7-8-14-63-41-24-38-36(22-33(41)5)47(58)52-27-31(3)20-34(52)26-50-38/h22-26,30,34-35,46H,3-4,7-21,27-29,49H2,1-2,5-6H3,(H,51,56)/t34-,35-,46-/m0/s1. The lowest BCUT2D eigenvalue weighted by Gasteiger charge is -2.27. The van der Waals surface area contributed by atoms with E-state index >= 15 is 0 Å². The first-order valence-corrected chi connectivity index (χ1v) is 22.4. The van der Waals surface area contributed by atoms with E-state index in [-0.39, 0.29) is 79.8 Å². The molecule has 3 N–H and O–H groups in total. The van der Waals surface area contributed by atoms with Gasteiger partial charge in [-0.2, -0.15) is 0 Å². The molecule has 4 heterocycles. The van der Waals surface area contributed by atoms with Gasteiger partial charge in [-0.25, -0.2) is 0 Å². The number of unbranched alkanes of at least 4 members (excludes halogenated alkanes) is 2. The summed E-state index contributed by atoms with van der Waals surface area (Å²) in [6.45, 7) is 17.5. The number of rotatable bonds is 23. The summed E-state index contributed by atoms with van der Waals surface area (Å²) in [5, 5.41) is 2.82. The molecule has 4 aliphatic rings. The Morgan fingerprint density at radius 2 is 1.50 bits per heavy atom. The average Bonchev–Trinajstić information content (AvgIpc) is 3.78. The Bertz CT molecular complexity index is 2120. The van der Waals surface area contributed by atoms with Crippen LogP contribution in [0.1, 0.15) is 91.5 Å². The van der Waals surface area contributed by atoms with E-state index in [4.69, 9.17) is 29.4 Å². The van der Waals surface area contributed by atoms with Crippen LogP contribution in [0.15, 0.2) is 53.6 Å². The van der Waals surface area contributed by atoms with Crippen LogP contribution < -0.4 is 30.2 Å². The zero-order chi connectivity index (χ0) is 45.9. The highest BCUT2D eigenvalue weighted by Crippen LogP contribution is 2.41. The molecule has 16 nitrogen and oxygen atoms in total. The molecule has 0 radical (unpaired) electrons. The molecule has 346 valence electrons. The first-order chi connectivity index (χ1) is 30.8. The summed E-state index contributed by atoms with van der Waals surface area (Å²) in [4.78, 5) is 77.5. The van der Waals surface area contributed by atoms with Crippen LogP contribution in [0.4, 0.5) is 11.4 Å². The molecule has 2 fully saturated rings. The van der Waals surface area contributed by atoms with Crippen molar-refractivity contribution < 1.29 is 47.7 Å². The maximum absolute atomic E-state index is 14.2. The minimum absolute atomic E-state index is 0.0414. The van der Waals surface area contributed by atoms with Crippen LogP contribution in [-0.2, 0) is 23.9 Å². The van der Waals surface area contributed by atoms with Crippen LogP contribution in [0.3, 0.4) is 0 Å². The Morgan fingerprint density at radius 3 is 2.22 bits per heavy atom. The van der Waals surface area contributed by atoms with Crippen molar-refractivity contribution in [3.8, 4) is 17.2 Å². The second-order valence-corrected chi connectivity index (χ2v) is 17.2. The number of carbonyl (C=O) groups is 5. The van der Waals surface area contributed by atoms with Gasteiger partial charge in [0, 0.05) is 63.8 Å². The van der Waals surface area contributed by atoms with E-state index in [1.807, 2.05) is 44.0 Å². The molecule has 64 heavy (non-hydrogen) atoms. The number of carbonyl (C=O) groups excluding carboxylic acids is 5. The second-order valence-electron chi connectivity index (χ2n) is 17.2. The van der Waals surface area contributed by atoms with Gasteiger partial charge < -0.3 is 49.4 Å². The maximum Gasteiger partial charge on any atom is 0.256 e. The third-order valence-corrected chi connectivity index (χ3v) is 11.9. The highest BCUT2D eigenvalue weighted by molar-refractivity contribution is 6.08. The topological polar surface area (TPSA) is 192 Å². The molecule has 2 saturated heterocycles. The number of Topliss-reactive ketones (excluding diaryl/α,β-unsaturated/α-hetero) is 1. The van der Waals surface area contributed by atoms with Gasteiger partial charge in [-0.15, -0.1) is 0 Å². The van der Waals surface area contributed by atoms with E-state index in [0.717, 1.165) is 36.0 Å². The van der Waals surface area contributed by atoms with Crippen LogP contribution in [0.25, 0.3) is 0 Å². The Balaban J connectivity index is 1.04. The fraction of sp³-hybridized carbons (Fsp3) is 0.542. The van der Waals surface area contributed by atoms with Crippen molar-refractivity contribution in [1.82, 2.24) is 15.1 Å². The average molecular weight is 885 g/mol. The lowest BCUT2D eigenvalue weighted by Crippen LogP contribution is -2.45. The van der Waals surface area contributed by atoms with Crippen molar-refractivity contribution in [3.05, 3.63) is 65.3 Å². The third kappa shape index (κ3) is 11.8. The summed E-state index contributed by atoms with van der Waals surface area (Å²) in [6, 6.07) is 5.86. The maximum atomic E-state index is 14.2. The molecule has 16 heteroatoms. The van der Waals surface area contributed by atoms with E-state index < -0.39 is 6.04 Å². The molecule has 2 aromatic carbocycles. The summed E-state index contributed by atoms with van der Waals surface area (Å²) >= 11 is 0. The van der Waals surface area contributed by atoms with Gasteiger partial charge >= 0.3 is 0 Å². The number of aryl methyl sites for hydroxylation is 1. The molecule has 2 aromatic rings.